The van der Waals surface area contributed by atoms with Crippen molar-refractivity contribution in [3.05, 3.63) is 65.2 Å². The molecule has 0 saturated carbocycles. The van der Waals surface area contributed by atoms with E-state index in [0.717, 1.165) is 11.3 Å². The van der Waals surface area contributed by atoms with Crippen molar-refractivity contribution < 1.29 is 9.47 Å². The molecule has 2 rings (SSSR count). The van der Waals surface area contributed by atoms with Gasteiger partial charge in [-0.05, 0) is 18.2 Å². The number of methoxy groups -OCH3 is 2. The lowest BCUT2D eigenvalue weighted by Gasteiger charge is -2.40. The van der Waals surface area contributed by atoms with Gasteiger partial charge in [-0.2, -0.15) is 0 Å². The SMILES string of the molecule is COC(OC)(c1ccccc1)N(C)c1cccc(Cl)c1. The van der Waals surface area contributed by atoms with Crippen molar-refractivity contribution in [3.8, 4) is 0 Å². The van der Waals surface area contributed by atoms with Crippen LogP contribution in [-0.2, 0) is 15.4 Å². The third-order valence-electron chi connectivity index (χ3n) is 3.33. The monoisotopic (exact) mass is 291 g/mol. The lowest BCUT2D eigenvalue weighted by Crippen LogP contribution is -2.47. The zero-order valence-corrected chi connectivity index (χ0v) is 12.6. The predicted octanol–water partition coefficient (Wildman–Crippen LogP) is 3.88. The number of ether oxygens (including phenoxy) is 2. The van der Waals surface area contributed by atoms with Crippen LogP contribution in [0.3, 0.4) is 0 Å². The summed E-state index contributed by atoms with van der Waals surface area (Å²) in [6, 6.07) is 17.4. The highest BCUT2D eigenvalue weighted by Gasteiger charge is 2.37. The van der Waals surface area contributed by atoms with Crippen LogP contribution in [-0.4, -0.2) is 21.3 Å². The van der Waals surface area contributed by atoms with Gasteiger partial charge in [0.05, 0.1) is 0 Å². The second kappa shape index (κ2) is 6.27. The first-order valence-electron chi connectivity index (χ1n) is 6.29. The standard InChI is InChI=1S/C16H18ClNO2/c1-18(15-11-7-10-14(17)12-15)16(19-2,20-3)13-8-5-4-6-9-13/h4-12H,1-3H3. The van der Waals surface area contributed by atoms with Crippen LogP contribution in [0.1, 0.15) is 5.56 Å². The minimum Gasteiger partial charge on any atom is -0.332 e. The van der Waals surface area contributed by atoms with E-state index in [4.69, 9.17) is 21.1 Å². The summed E-state index contributed by atoms with van der Waals surface area (Å²) < 4.78 is 11.4. The maximum Gasteiger partial charge on any atom is 0.279 e. The Morgan fingerprint density at radius 2 is 1.60 bits per heavy atom. The van der Waals surface area contributed by atoms with Crippen LogP contribution in [0.15, 0.2) is 54.6 Å². The maximum absolute atomic E-state index is 6.06. The van der Waals surface area contributed by atoms with Gasteiger partial charge < -0.3 is 14.4 Å². The highest BCUT2D eigenvalue weighted by molar-refractivity contribution is 6.30. The number of benzene rings is 2. The summed E-state index contributed by atoms with van der Waals surface area (Å²) in [5.74, 6) is -0.994. The van der Waals surface area contributed by atoms with Gasteiger partial charge in [0.2, 0.25) is 0 Å². The van der Waals surface area contributed by atoms with Crippen molar-refractivity contribution in [2.75, 3.05) is 26.2 Å². The maximum atomic E-state index is 6.06. The molecule has 2 aromatic rings. The average molecular weight is 292 g/mol. The van der Waals surface area contributed by atoms with Gasteiger partial charge in [-0.25, -0.2) is 0 Å². The van der Waals surface area contributed by atoms with Gasteiger partial charge in [0.25, 0.3) is 5.91 Å². The third kappa shape index (κ3) is 2.66. The van der Waals surface area contributed by atoms with Gasteiger partial charge >= 0.3 is 0 Å². The van der Waals surface area contributed by atoms with E-state index < -0.39 is 5.91 Å². The molecule has 3 nitrogen and oxygen atoms in total. The van der Waals surface area contributed by atoms with Crippen LogP contribution in [0.5, 0.6) is 0 Å². The molecule has 0 saturated heterocycles. The Kier molecular flexibility index (Phi) is 4.65. The van der Waals surface area contributed by atoms with Crippen LogP contribution in [0.2, 0.25) is 5.02 Å². The Labute approximate surface area is 124 Å². The molecule has 0 aliphatic carbocycles. The summed E-state index contributed by atoms with van der Waals surface area (Å²) in [4.78, 5) is 1.91. The van der Waals surface area contributed by atoms with Crippen LogP contribution in [0.25, 0.3) is 0 Å². The molecule has 106 valence electrons. The topological polar surface area (TPSA) is 21.7 Å². The van der Waals surface area contributed by atoms with E-state index in [9.17, 15) is 0 Å². The molecule has 0 atom stereocenters. The van der Waals surface area contributed by atoms with E-state index in [0.29, 0.717) is 5.02 Å². The Bertz CT molecular complexity index is 555. The normalized spacial score (nSPS) is 11.4. The molecule has 0 radical (unpaired) electrons. The summed E-state index contributed by atoms with van der Waals surface area (Å²) in [5, 5.41) is 0.670. The Hall–Kier alpha value is -1.55. The first-order valence-corrected chi connectivity index (χ1v) is 6.67. The van der Waals surface area contributed by atoms with Gasteiger partial charge in [-0.15, -0.1) is 0 Å². The van der Waals surface area contributed by atoms with Crippen LogP contribution >= 0.6 is 11.6 Å². The Morgan fingerprint density at radius 1 is 0.950 bits per heavy atom. The van der Waals surface area contributed by atoms with Crippen LogP contribution in [0, 0.1) is 0 Å². The van der Waals surface area contributed by atoms with E-state index in [1.807, 2.05) is 66.5 Å². The molecule has 0 N–H and O–H groups in total. The fraction of sp³-hybridized carbons (Fsp3) is 0.250. The van der Waals surface area contributed by atoms with Crippen molar-refractivity contribution in [2.45, 2.75) is 5.91 Å². The van der Waals surface area contributed by atoms with Gasteiger partial charge in [0.1, 0.15) is 0 Å². The summed E-state index contributed by atoms with van der Waals surface area (Å²) in [6.45, 7) is 0. The van der Waals surface area contributed by atoms with Crippen molar-refractivity contribution >= 4 is 17.3 Å². The summed E-state index contributed by atoms with van der Waals surface area (Å²) >= 11 is 6.06. The largest absolute Gasteiger partial charge is 0.332 e. The Morgan fingerprint density at radius 3 is 2.15 bits per heavy atom. The molecule has 0 amide bonds. The number of nitrogens with zero attached hydrogens (tertiary/aromatic N) is 1. The molecule has 20 heavy (non-hydrogen) atoms. The molecular formula is C16H18ClNO2. The van der Waals surface area contributed by atoms with E-state index in [1.165, 1.54) is 0 Å². The average Bonchev–Trinajstić information content (AvgIpc) is 2.50. The summed E-state index contributed by atoms with van der Waals surface area (Å²) in [7, 11) is 5.15. The van der Waals surface area contributed by atoms with E-state index in [-0.39, 0.29) is 0 Å². The summed E-state index contributed by atoms with van der Waals surface area (Å²) in [6.07, 6.45) is 0. The Balaban J connectivity index is 2.48. The molecule has 0 fully saturated rings. The number of anilines is 1. The number of hydrogen-bond acceptors (Lipinski definition) is 3. The lowest BCUT2D eigenvalue weighted by molar-refractivity contribution is -0.213. The highest BCUT2D eigenvalue weighted by Crippen LogP contribution is 2.34. The molecular weight excluding hydrogens is 274 g/mol. The predicted molar refractivity (Wildman–Crippen MR) is 82.0 cm³/mol. The highest BCUT2D eigenvalue weighted by atomic mass is 35.5. The minimum absolute atomic E-state index is 0.670. The molecule has 0 heterocycles. The van der Waals surface area contributed by atoms with Crippen molar-refractivity contribution in [1.29, 1.82) is 0 Å². The fourth-order valence-electron chi connectivity index (χ4n) is 2.29. The number of hydrogen-bond donors (Lipinski definition) is 0. The molecule has 0 unspecified atom stereocenters. The lowest BCUT2D eigenvalue weighted by atomic mass is 10.1. The first-order chi connectivity index (χ1) is 9.64. The fourth-order valence-corrected chi connectivity index (χ4v) is 2.47. The minimum atomic E-state index is -0.994. The second-order valence-corrected chi connectivity index (χ2v) is 4.83. The first kappa shape index (κ1) is 14.9. The van der Waals surface area contributed by atoms with Gasteiger partial charge in [-0.3, -0.25) is 0 Å². The van der Waals surface area contributed by atoms with Crippen LogP contribution < -0.4 is 4.90 Å². The van der Waals surface area contributed by atoms with E-state index in [1.54, 1.807) is 14.2 Å². The molecule has 2 aromatic carbocycles. The quantitative estimate of drug-likeness (QED) is 0.780. The second-order valence-electron chi connectivity index (χ2n) is 4.39. The van der Waals surface area contributed by atoms with Gasteiger partial charge in [-0.1, -0.05) is 48.0 Å². The van der Waals surface area contributed by atoms with E-state index in [2.05, 4.69) is 0 Å². The molecule has 0 aliphatic heterocycles. The summed E-state index contributed by atoms with van der Waals surface area (Å²) in [5.41, 5.74) is 1.82. The van der Waals surface area contributed by atoms with Gasteiger partial charge in [0.15, 0.2) is 0 Å². The van der Waals surface area contributed by atoms with Crippen molar-refractivity contribution in [3.63, 3.8) is 0 Å². The zero-order chi connectivity index (χ0) is 14.6. The van der Waals surface area contributed by atoms with E-state index >= 15 is 0 Å². The van der Waals surface area contributed by atoms with Crippen LogP contribution in [0.4, 0.5) is 5.69 Å². The number of rotatable bonds is 5. The third-order valence-corrected chi connectivity index (χ3v) is 3.56. The molecule has 0 aromatic heterocycles. The molecule has 0 bridgehead atoms. The van der Waals surface area contributed by atoms with Crippen molar-refractivity contribution in [1.82, 2.24) is 0 Å². The molecule has 4 heteroatoms. The van der Waals surface area contributed by atoms with Gasteiger partial charge in [0, 0.05) is 37.5 Å². The smallest absolute Gasteiger partial charge is 0.279 e. The molecule has 0 aliphatic rings. The number of halogens is 1. The zero-order valence-electron chi connectivity index (χ0n) is 11.8. The molecule has 0 spiro atoms. The van der Waals surface area contributed by atoms with Crippen molar-refractivity contribution in [2.24, 2.45) is 0 Å².